The number of rotatable bonds is 4. The van der Waals surface area contributed by atoms with Gasteiger partial charge in [-0.15, -0.1) is 12.4 Å². The summed E-state index contributed by atoms with van der Waals surface area (Å²) in [5.74, 6) is 0. The zero-order valence-corrected chi connectivity index (χ0v) is 7.10. The van der Waals surface area contributed by atoms with E-state index < -0.39 is 0 Å². The lowest BCUT2D eigenvalue weighted by molar-refractivity contribution is 0.587. The van der Waals surface area contributed by atoms with Crippen LogP contribution >= 0.6 is 12.4 Å². The highest BCUT2D eigenvalue weighted by Crippen LogP contribution is 1.66. The van der Waals surface area contributed by atoms with E-state index in [-0.39, 0.29) is 12.4 Å². The van der Waals surface area contributed by atoms with Crippen molar-refractivity contribution in [1.29, 1.82) is 0 Å². The van der Waals surface area contributed by atoms with E-state index in [1.54, 1.807) is 0 Å². The number of hydrogen-bond acceptors (Lipinski definition) is 3. The molecular formula is C6H13ClN2O. The monoisotopic (exact) mass is 164 g/mol. The fraction of sp³-hybridized carbons (Fsp3) is 0.667. The van der Waals surface area contributed by atoms with Gasteiger partial charge in [0.2, 0.25) is 0 Å². The van der Waals surface area contributed by atoms with Crippen LogP contribution in [0.1, 0.15) is 13.8 Å². The normalized spacial score (nSPS) is 10.2. The van der Waals surface area contributed by atoms with Crippen molar-refractivity contribution in [2.75, 3.05) is 13.1 Å². The summed E-state index contributed by atoms with van der Waals surface area (Å²) in [5.41, 5.74) is 0. The number of nitrogens with zero attached hydrogens (tertiary/aromatic N) is 2. The molecule has 0 aromatic carbocycles. The molecule has 0 aromatic heterocycles. The summed E-state index contributed by atoms with van der Waals surface area (Å²) >= 11 is 0. The second kappa shape index (κ2) is 11.3. The Labute approximate surface area is 67.6 Å². The van der Waals surface area contributed by atoms with Crippen LogP contribution in [0.2, 0.25) is 0 Å². The molecule has 0 spiro atoms. The zero-order valence-electron chi connectivity index (χ0n) is 6.28. The largest absolute Gasteiger partial charge is 0.435 e. The summed E-state index contributed by atoms with van der Waals surface area (Å²) in [4.78, 5) is 7.61. The van der Waals surface area contributed by atoms with Crippen LogP contribution in [0.3, 0.4) is 0 Å². The third-order valence-electron chi connectivity index (χ3n) is 0.636. The Bertz CT molecular complexity index is 91.9. The van der Waals surface area contributed by atoms with Crippen LogP contribution in [0.5, 0.6) is 0 Å². The molecule has 0 aliphatic carbocycles. The van der Waals surface area contributed by atoms with Gasteiger partial charge in [-0.3, -0.25) is 9.98 Å². The molecule has 0 atom stereocenters. The fourth-order valence-corrected chi connectivity index (χ4v) is 0.262. The van der Waals surface area contributed by atoms with E-state index in [1.165, 1.54) is 12.8 Å². The Hall–Kier alpha value is -0.570. The van der Waals surface area contributed by atoms with E-state index in [1.807, 2.05) is 13.8 Å². The minimum Gasteiger partial charge on any atom is -0.435 e. The first kappa shape index (κ1) is 12.1. The van der Waals surface area contributed by atoms with Gasteiger partial charge in [0.15, 0.2) is 12.8 Å². The van der Waals surface area contributed by atoms with Crippen molar-refractivity contribution in [2.24, 2.45) is 9.98 Å². The second-order valence-electron chi connectivity index (χ2n) is 1.34. The van der Waals surface area contributed by atoms with E-state index in [0.29, 0.717) is 0 Å². The van der Waals surface area contributed by atoms with Gasteiger partial charge in [-0.2, -0.15) is 0 Å². The lowest BCUT2D eigenvalue weighted by Crippen LogP contribution is -1.84. The summed E-state index contributed by atoms with van der Waals surface area (Å²) < 4.78 is 4.73. The van der Waals surface area contributed by atoms with Crippen LogP contribution in [0.25, 0.3) is 0 Å². The van der Waals surface area contributed by atoms with Crippen LogP contribution < -0.4 is 0 Å². The lowest BCUT2D eigenvalue weighted by atomic mass is 10.8. The third kappa shape index (κ3) is 10.4. The van der Waals surface area contributed by atoms with Gasteiger partial charge in [-0.05, 0) is 13.8 Å². The van der Waals surface area contributed by atoms with Crippen molar-refractivity contribution in [3.63, 3.8) is 0 Å². The summed E-state index contributed by atoms with van der Waals surface area (Å²) in [7, 11) is 0. The van der Waals surface area contributed by atoms with Crippen LogP contribution in [0.15, 0.2) is 9.98 Å². The maximum atomic E-state index is 4.73. The molecular weight excluding hydrogens is 152 g/mol. The Morgan fingerprint density at radius 2 is 1.50 bits per heavy atom. The highest BCUT2D eigenvalue weighted by molar-refractivity contribution is 5.85. The molecule has 0 rings (SSSR count). The molecule has 4 heteroatoms. The van der Waals surface area contributed by atoms with Gasteiger partial charge >= 0.3 is 0 Å². The smallest absolute Gasteiger partial charge is 0.177 e. The molecule has 3 nitrogen and oxygen atoms in total. The van der Waals surface area contributed by atoms with Crippen molar-refractivity contribution in [2.45, 2.75) is 13.8 Å². The highest BCUT2D eigenvalue weighted by Gasteiger charge is 1.66. The molecule has 0 saturated heterocycles. The minimum absolute atomic E-state index is 0. The van der Waals surface area contributed by atoms with Crippen LogP contribution in [-0.4, -0.2) is 25.9 Å². The molecule has 10 heavy (non-hydrogen) atoms. The van der Waals surface area contributed by atoms with E-state index >= 15 is 0 Å². The Kier molecular flexibility index (Phi) is 13.7. The van der Waals surface area contributed by atoms with E-state index in [4.69, 9.17) is 4.74 Å². The fourth-order valence-electron chi connectivity index (χ4n) is 0.262. The predicted molar refractivity (Wildman–Crippen MR) is 46.4 cm³/mol. The second-order valence-corrected chi connectivity index (χ2v) is 1.34. The first-order chi connectivity index (χ1) is 4.41. The van der Waals surface area contributed by atoms with E-state index in [0.717, 1.165) is 13.1 Å². The van der Waals surface area contributed by atoms with Crippen molar-refractivity contribution in [1.82, 2.24) is 0 Å². The molecule has 0 radical (unpaired) electrons. The van der Waals surface area contributed by atoms with Gasteiger partial charge in [-0.25, -0.2) is 0 Å². The quantitative estimate of drug-likeness (QED) is 0.458. The van der Waals surface area contributed by atoms with E-state index in [2.05, 4.69) is 9.98 Å². The molecule has 0 aromatic rings. The predicted octanol–water partition coefficient (Wildman–Crippen LogP) is 1.52. The third-order valence-corrected chi connectivity index (χ3v) is 0.636. The summed E-state index contributed by atoms with van der Waals surface area (Å²) in [6.45, 7) is 5.38. The maximum absolute atomic E-state index is 4.73. The molecule has 0 aliphatic heterocycles. The standard InChI is InChI=1S/C6H12N2O.ClH/c1-3-7-5-9-6-8-4-2;/h5-6H,3-4H2,1-2H3;1H. The lowest BCUT2D eigenvalue weighted by Gasteiger charge is -1.84. The van der Waals surface area contributed by atoms with Gasteiger partial charge in [0.05, 0.1) is 0 Å². The molecule has 0 N–H and O–H groups in total. The molecule has 0 saturated carbocycles. The summed E-state index contributed by atoms with van der Waals surface area (Å²) in [6, 6.07) is 0. The molecule has 0 bridgehead atoms. The van der Waals surface area contributed by atoms with Gasteiger partial charge < -0.3 is 4.74 Å². The van der Waals surface area contributed by atoms with Crippen LogP contribution in [0, 0.1) is 0 Å². The SMILES string of the molecule is CCN=COC=NCC.Cl. The summed E-state index contributed by atoms with van der Waals surface area (Å²) in [6.07, 6.45) is 2.78. The van der Waals surface area contributed by atoms with Gasteiger partial charge in [-0.1, -0.05) is 0 Å². The molecule has 0 fully saturated rings. The number of halogens is 1. The van der Waals surface area contributed by atoms with Crippen molar-refractivity contribution in [3.05, 3.63) is 0 Å². The Morgan fingerprint density at radius 1 is 1.10 bits per heavy atom. The van der Waals surface area contributed by atoms with Crippen molar-refractivity contribution < 1.29 is 4.74 Å². The average Bonchev–Trinajstić information content (AvgIpc) is 1.89. The topological polar surface area (TPSA) is 34.0 Å². The van der Waals surface area contributed by atoms with E-state index in [9.17, 15) is 0 Å². The number of aliphatic imine (C=N–C) groups is 2. The first-order valence-corrected chi connectivity index (χ1v) is 3.03. The number of ether oxygens (including phenoxy) is 1. The molecule has 0 heterocycles. The average molecular weight is 165 g/mol. The maximum Gasteiger partial charge on any atom is 0.177 e. The van der Waals surface area contributed by atoms with Gasteiger partial charge in [0.1, 0.15) is 0 Å². The van der Waals surface area contributed by atoms with Crippen molar-refractivity contribution >= 4 is 25.2 Å². The van der Waals surface area contributed by atoms with Gasteiger partial charge in [0.25, 0.3) is 0 Å². The summed E-state index contributed by atoms with van der Waals surface area (Å²) in [5, 5.41) is 0. The van der Waals surface area contributed by atoms with Crippen LogP contribution in [0.4, 0.5) is 0 Å². The minimum atomic E-state index is 0. The molecule has 0 unspecified atom stereocenters. The molecule has 0 aliphatic rings. The first-order valence-electron chi connectivity index (χ1n) is 3.03. The molecule has 0 amide bonds. The zero-order chi connectivity index (χ0) is 6.95. The Balaban J connectivity index is 0. The Morgan fingerprint density at radius 3 is 1.80 bits per heavy atom. The van der Waals surface area contributed by atoms with Crippen LogP contribution in [-0.2, 0) is 4.74 Å². The van der Waals surface area contributed by atoms with Gasteiger partial charge in [0, 0.05) is 13.1 Å². The highest BCUT2D eigenvalue weighted by atomic mass is 35.5. The van der Waals surface area contributed by atoms with Crippen molar-refractivity contribution in [3.8, 4) is 0 Å². The molecule has 60 valence electrons. The number of hydrogen-bond donors (Lipinski definition) is 0.